The van der Waals surface area contributed by atoms with Gasteiger partial charge in [-0.1, -0.05) is 49.6 Å². The number of anilines is 2. The van der Waals surface area contributed by atoms with Gasteiger partial charge in [-0.25, -0.2) is 9.97 Å². The van der Waals surface area contributed by atoms with Crippen LogP contribution in [0.4, 0.5) is 20.4 Å². The van der Waals surface area contributed by atoms with Crippen molar-refractivity contribution in [3.8, 4) is 22.8 Å². The lowest BCUT2D eigenvalue weighted by Crippen LogP contribution is -2.53. The number of halogens is 3. The van der Waals surface area contributed by atoms with Gasteiger partial charge in [-0.15, -0.1) is 20.4 Å². The number of rotatable bonds is 18. The molecule has 0 spiro atoms. The average molecular weight is 872 g/mol. The molecule has 0 unspecified atom stereocenters. The minimum absolute atomic E-state index is 0.0397. The fourth-order valence-electron chi connectivity index (χ4n) is 7.56. The Hall–Kier alpha value is -6.16. The highest BCUT2D eigenvalue weighted by atomic mass is 35.5. The first-order valence-corrected chi connectivity index (χ1v) is 21.3. The molecule has 2 aliphatic heterocycles. The third kappa shape index (κ3) is 10.6. The quantitative estimate of drug-likeness (QED) is 0.0768. The molecule has 3 N–H and O–H groups in total. The lowest BCUT2D eigenvalue weighted by Gasteiger charge is -2.33. The van der Waals surface area contributed by atoms with E-state index in [9.17, 15) is 32.8 Å². The molecule has 2 aromatic heterocycles. The summed E-state index contributed by atoms with van der Waals surface area (Å²) in [7, 11) is 0. The smallest absolute Gasteiger partial charge is 0.395 e. The van der Waals surface area contributed by atoms with E-state index in [1.54, 1.807) is 41.3 Å². The number of aromatic nitrogens is 2. The van der Waals surface area contributed by atoms with Crippen molar-refractivity contribution in [3.63, 3.8) is 0 Å². The van der Waals surface area contributed by atoms with Crippen molar-refractivity contribution >= 4 is 52.8 Å². The van der Waals surface area contributed by atoms with E-state index in [1.807, 2.05) is 31.2 Å². The predicted octanol–water partition coefficient (Wildman–Crippen LogP) is 6.29. The molecule has 0 radical (unpaired) electrons. The maximum absolute atomic E-state index is 13.6. The number of aryl methyl sites for hydroxylation is 2. The number of carbonyl (C=O) groups is 5. The van der Waals surface area contributed by atoms with Crippen LogP contribution in [-0.2, 0) is 31.0 Å². The molecule has 14 nitrogen and oxygen atoms in total. The van der Waals surface area contributed by atoms with Crippen molar-refractivity contribution in [1.82, 2.24) is 25.5 Å². The zero-order valence-electron chi connectivity index (χ0n) is 34.3. The summed E-state index contributed by atoms with van der Waals surface area (Å²) in [6, 6.07) is 20.5. The van der Waals surface area contributed by atoms with Crippen molar-refractivity contribution in [3.05, 3.63) is 95.2 Å². The zero-order valence-corrected chi connectivity index (χ0v) is 35.1. The van der Waals surface area contributed by atoms with E-state index in [-0.39, 0.29) is 59.9 Å². The second-order valence-corrected chi connectivity index (χ2v) is 15.9. The van der Waals surface area contributed by atoms with E-state index in [4.69, 9.17) is 16.6 Å². The van der Waals surface area contributed by atoms with Crippen molar-refractivity contribution in [1.29, 1.82) is 0 Å². The third-order valence-corrected chi connectivity index (χ3v) is 11.4. The number of hydrogen-bond donors (Lipinski definition) is 3. The monoisotopic (exact) mass is 871 g/mol. The number of fused-ring (bicyclic) bond motifs is 1. The number of ether oxygens (including phenoxy) is 2. The Morgan fingerprint density at radius 1 is 0.839 bits per heavy atom. The standard InChI is InChI=1S/C45H48ClF2N7O7/c1-29-13-17-36(53-43(60)44(19-20-44)32-14-16-34-35(26-32)62-45(47,48)61-34)52-41(29)30-9-7-10-31(25-30)42(59)50-22-6-4-2-3-5-21-49-38(56)18-15-33-11-8-12-37(51-33)55-24-23-54(28-40(55)58)39(57)27-46/h7-14,16-17,25-26H,2-6,15,18-24,27-28H2,1H3,(H,49,56)(H,50,59)(H,52,53,60). The largest absolute Gasteiger partial charge is 0.586 e. The summed E-state index contributed by atoms with van der Waals surface area (Å²) in [6.45, 7) is 3.65. The van der Waals surface area contributed by atoms with E-state index in [0.29, 0.717) is 85.2 Å². The SMILES string of the molecule is Cc1ccc(NC(=O)C2(c3ccc4c(c3)OC(F)(F)O4)CC2)nc1-c1cccc(C(=O)NCCCCCCCNC(=O)CCc2cccc(N3CCN(C(=O)CCl)CC3=O)n2)c1. The molecule has 1 saturated heterocycles. The Morgan fingerprint density at radius 2 is 1.58 bits per heavy atom. The van der Waals surface area contributed by atoms with Gasteiger partial charge in [-0.05, 0) is 92.6 Å². The first-order valence-electron chi connectivity index (χ1n) is 20.8. The molecule has 3 aliphatic rings. The van der Waals surface area contributed by atoms with E-state index < -0.39 is 11.7 Å². The molecule has 2 fully saturated rings. The van der Waals surface area contributed by atoms with Gasteiger partial charge >= 0.3 is 6.29 Å². The molecule has 1 saturated carbocycles. The first kappa shape index (κ1) is 43.9. The van der Waals surface area contributed by atoms with Gasteiger partial charge in [-0.3, -0.25) is 28.9 Å². The summed E-state index contributed by atoms with van der Waals surface area (Å²) < 4.78 is 36.3. The van der Waals surface area contributed by atoms with Gasteiger partial charge in [-0.2, -0.15) is 0 Å². The highest BCUT2D eigenvalue weighted by Crippen LogP contribution is 2.52. The number of benzene rings is 2. The number of pyridine rings is 2. The number of nitrogens with zero attached hydrogens (tertiary/aromatic N) is 4. The van der Waals surface area contributed by atoms with Crippen LogP contribution in [0.15, 0.2) is 72.8 Å². The van der Waals surface area contributed by atoms with Crippen LogP contribution in [0.5, 0.6) is 11.5 Å². The molecule has 4 heterocycles. The Labute approximate surface area is 362 Å². The number of hydrogen-bond acceptors (Lipinski definition) is 9. The van der Waals surface area contributed by atoms with Crippen LogP contribution in [-0.4, -0.2) is 89.3 Å². The van der Waals surface area contributed by atoms with Crippen LogP contribution < -0.4 is 30.3 Å². The summed E-state index contributed by atoms with van der Waals surface area (Å²) >= 11 is 5.63. The fraction of sp³-hybridized carbons (Fsp3) is 0.400. The summed E-state index contributed by atoms with van der Waals surface area (Å²) in [5.41, 5.74) is 3.01. The molecule has 2 aromatic carbocycles. The number of piperazine rings is 1. The number of carbonyl (C=O) groups excluding carboxylic acids is 5. The van der Waals surface area contributed by atoms with Crippen LogP contribution in [0.25, 0.3) is 11.3 Å². The maximum Gasteiger partial charge on any atom is 0.586 e. The zero-order chi connectivity index (χ0) is 43.9. The molecule has 0 bridgehead atoms. The molecule has 1 aliphatic carbocycles. The van der Waals surface area contributed by atoms with Gasteiger partial charge in [0.25, 0.3) is 5.91 Å². The van der Waals surface area contributed by atoms with Gasteiger partial charge in [0.1, 0.15) is 24.1 Å². The molecule has 326 valence electrons. The highest BCUT2D eigenvalue weighted by molar-refractivity contribution is 6.27. The lowest BCUT2D eigenvalue weighted by atomic mass is 9.94. The maximum atomic E-state index is 13.6. The van der Waals surface area contributed by atoms with Crippen LogP contribution in [0.1, 0.15) is 78.5 Å². The van der Waals surface area contributed by atoms with Crippen LogP contribution in [0.3, 0.4) is 0 Å². The van der Waals surface area contributed by atoms with Gasteiger partial charge in [0, 0.05) is 49.4 Å². The molecule has 0 atom stereocenters. The summed E-state index contributed by atoms with van der Waals surface area (Å²) in [4.78, 5) is 75.9. The van der Waals surface area contributed by atoms with Gasteiger partial charge in [0.2, 0.25) is 23.6 Å². The molecule has 7 rings (SSSR count). The first-order chi connectivity index (χ1) is 29.8. The minimum Gasteiger partial charge on any atom is -0.395 e. The van der Waals surface area contributed by atoms with E-state index >= 15 is 0 Å². The number of nitrogens with one attached hydrogen (secondary N) is 3. The summed E-state index contributed by atoms with van der Waals surface area (Å²) in [5.74, 6) is -0.609. The van der Waals surface area contributed by atoms with Crippen LogP contribution in [0.2, 0.25) is 0 Å². The fourth-order valence-corrected chi connectivity index (χ4v) is 7.73. The highest BCUT2D eigenvalue weighted by Gasteiger charge is 2.53. The van der Waals surface area contributed by atoms with E-state index in [0.717, 1.165) is 37.7 Å². The minimum atomic E-state index is -3.75. The molecule has 62 heavy (non-hydrogen) atoms. The summed E-state index contributed by atoms with van der Waals surface area (Å²) in [6.07, 6.45) is 2.49. The van der Waals surface area contributed by atoms with Gasteiger partial charge < -0.3 is 30.3 Å². The molecule has 4 aromatic rings. The Morgan fingerprint density at radius 3 is 2.34 bits per heavy atom. The Kier molecular flexibility index (Phi) is 13.6. The molecule has 5 amide bonds. The Balaban J connectivity index is 0.789. The van der Waals surface area contributed by atoms with Gasteiger partial charge in [0.05, 0.1) is 11.1 Å². The number of unbranched alkanes of at least 4 members (excludes halogenated alkanes) is 4. The lowest BCUT2D eigenvalue weighted by molar-refractivity contribution is -0.286. The second-order valence-electron chi connectivity index (χ2n) is 15.7. The normalized spacial score (nSPS) is 15.8. The predicted molar refractivity (Wildman–Crippen MR) is 227 cm³/mol. The number of alkyl halides is 3. The topological polar surface area (TPSA) is 172 Å². The third-order valence-electron chi connectivity index (χ3n) is 11.2. The number of amides is 5. The van der Waals surface area contributed by atoms with E-state index in [1.165, 1.54) is 17.0 Å². The summed E-state index contributed by atoms with van der Waals surface area (Å²) in [5, 5.41) is 8.85. The van der Waals surface area contributed by atoms with Crippen molar-refractivity contribution in [2.75, 3.05) is 48.8 Å². The van der Waals surface area contributed by atoms with Crippen molar-refractivity contribution in [2.45, 2.75) is 76.4 Å². The molecule has 17 heteroatoms. The second kappa shape index (κ2) is 19.3. The van der Waals surface area contributed by atoms with Crippen molar-refractivity contribution in [2.24, 2.45) is 0 Å². The Bertz CT molecular complexity index is 2340. The molecular formula is C45H48ClF2N7O7. The van der Waals surface area contributed by atoms with Crippen LogP contribution >= 0.6 is 11.6 Å². The average Bonchev–Trinajstić information content (AvgIpc) is 4.02. The van der Waals surface area contributed by atoms with Crippen molar-refractivity contribution < 1.29 is 42.2 Å². The van der Waals surface area contributed by atoms with Gasteiger partial charge in [0.15, 0.2) is 11.5 Å². The van der Waals surface area contributed by atoms with Crippen LogP contribution in [0, 0.1) is 6.92 Å². The molecular weight excluding hydrogens is 824 g/mol. The van der Waals surface area contributed by atoms with E-state index in [2.05, 4.69) is 30.4 Å².